The van der Waals surface area contributed by atoms with Crippen molar-refractivity contribution in [1.82, 2.24) is 14.5 Å². The Morgan fingerprint density at radius 2 is 1.00 bits per heavy atom. The van der Waals surface area contributed by atoms with Crippen molar-refractivity contribution in [2.75, 3.05) is 0 Å². The van der Waals surface area contributed by atoms with Gasteiger partial charge in [0, 0.05) is 37.4 Å². The zero-order valence-corrected chi connectivity index (χ0v) is 29.8. The Morgan fingerprint density at radius 3 is 1.72 bits per heavy atom. The summed E-state index contributed by atoms with van der Waals surface area (Å²) >= 11 is 1.77. The zero-order chi connectivity index (χ0) is 35.3. The molecule has 3 nitrogen and oxygen atoms in total. The Hall–Kier alpha value is -6.88. The maximum atomic E-state index is 5.45. The van der Waals surface area contributed by atoms with Crippen LogP contribution in [0.3, 0.4) is 0 Å². The van der Waals surface area contributed by atoms with Crippen molar-refractivity contribution in [2.24, 2.45) is 0 Å². The molecule has 0 saturated carbocycles. The summed E-state index contributed by atoms with van der Waals surface area (Å²) in [4.78, 5) is 10.8. The Kier molecular flexibility index (Phi) is 6.21. The van der Waals surface area contributed by atoms with Crippen molar-refractivity contribution >= 4 is 96.5 Å². The van der Waals surface area contributed by atoms with Crippen LogP contribution >= 0.6 is 11.3 Å². The summed E-state index contributed by atoms with van der Waals surface area (Å²) in [5, 5.41) is 13.4. The van der Waals surface area contributed by atoms with E-state index in [0.29, 0.717) is 0 Å². The first-order chi connectivity index (χ1) is 26.8. The number of rotatable bonds is 3. The van der Waals surface area contributed by atoms with Crippen LogP contribution in [0.2, 0.25) is 0 Å². The molecule has 9 aromatic carbocycles. The lowest BCUT2D eigenvalue weighted by molar-refractivity contribution is 1.20. The molecule has 0 atom stereocenters. The van der Waals surface area contributed by atoms with Crippen molar-refractivity contribution < 1.29 is 0 Å². The first-order valence-corrected chi connectivity index (χ1v) is 19.1. The molecule has 0 amide bonds. The molecule has 0 fully saturated rings. The molecule has 54 heavy (non-hydrogen) atoms. The van der Waals surface area contributed by atoms with Gasteiger partial charge < -0.3 is 4.57 Å². The van der Waals surface area contributed by atoms with Crippen molar-refractivity contribution in [3.63, 3.8) is 0 Å². The fraction of sp³-hybridized carbons (Fsp3) is 0. The van der Waals surface area contributed by atoms with E-state index in [1.54, 1.807) is 11.3 Å². The second-order valence-electron chi connectivity index (χ2n) is 14.1. The highest BCUT2D eigenvalue weighted by Crippen LogP contribution is 2.44. The number of hydrogen-bond donors (Lipinski definition) is 0. The lowest BCUT2D eigenvalue weighted by Crippen LogP contribution is -1.98. The summed E-state index contributed by atoms with van der Waals surface area (Å²) in [6.07, 6.45) is 0. The molecular formula is C50H29N3S. The molecule has 12 rings (SSSR count). The van der Waals surface area contributed by atoms with E-state index >= 15 is 0 Å². The van der Waals surface area contributed by atoms with Crippen LogP contribution in [0.1, 0.15) is 0 Å². The average Bonchev–Trinajstić information content (AvgIpc) is 3.79. The number of nitrogens with zero attached hydrogens (tertiary/aromatic N) is 3. The van der Waals surface area contributed by atoms with E-state index in [2.05, 4.69) is 180 Å². The maximum absolute atomic E-state index is 5.45. The maximum Gasteiger partial charge on any atom is 0.161 e. The van der Waals surface area contributed by atoms with E-state index in [9.17, 15) is 0 Å². The van der Waals surface area contributed by atoms with Crippen LogP contribution in [-0.2, 0) is 0 Å². The van der Waals surface area contributed by atoms with Crippen LogP contribution in [0.15, 0.2) is 176 Å². The monoisotopic (exact) mass is 703 g/mol. The van der Waals surface area contributed by atoms with Gasteiger partial charge in [0.25, 0.3) is 0 Å². The van der Waals surface area contributed by atoms with Gasteiger partial charge in [0.05, 0.1) is 32.6 Å². The number of benzene rings is 9. The van der Waals surface area contributed by atoms with Crippen molar-refractivity contribution in [1.29, 1.82) is 0 Å². The number of fused-ring (bicyclic) bond motifs is 12. The summed E-state index contributed by atoms with van der Waals surface area (Å²) in [6, 6.07) is 63.7. The molecule has 0 bridgehead atoms. The number of hydrogen-bond acceptors (Lipinski definition) is 3. The van der Waals surface area contributed by atoms with Crippen LogP contribution in [0, 0.1) is 0 Å². The molecule has 0 radical (unpaired) electrons. The molecule has 0 unspecified atom stereocenters. The molecule has 0 aliphatic rings. The summed E-state index contributed by atoms with van der Waals surface area (Å²) in [6.45, 7) is 0. The predicted octanol–water partition coefficient (Wildman–Crippen LogP) is 13.9. The average molecular weight is 704 g/mol. The Labute approximate surface area is 314 Å². The third-order valence-corrected chi connectivity index (χ3v) is 12.3. The lowest BCUT2D eigenvalue weighted by Gasteiger charge is -2.15. The van der Waals surface area contributed by atoms with E-state index in [4.69, 9.17) is 9.97 Å². The molecule has 0 aliphatic carbocycles. The topological polar surface area (TPSA) is 30.7 Å². The molecule has 0 spiro atoms. The van der Waals surface area contributed by atoms with Crippen molar-refractivity contribution in [3.05, 3.63) is 176 Å². The van der Waals surface area contributed by atoms with Crippen LogP contribution in [0.4, 0.5) is 0 Å². The Bertz CT molecular complexity index is 3420. The van der Waals surface area contributed by atoms with Gasteiger partial charge in [-0.15, -0.1) is 11.3 Å². The van der Waals surface area contributed by atoms with Gasteiger partial charge >= 0.3 is 0 Å². The summed E-state index contributed by atoms with van der Waals surface area (Å²) < 4.78 is 4.79. The van der Waals surface area contributed by atoms with E-state index in [-0.39, 0.29) is 0 Å². The molecule has 3 aromatic heterocycles. The Balaban J connectivity index is 1.15. The van der Waals surface area contributed by atoms with E-state index in [0.717, 1.165) is 54.7 Å². The standard InChI is InChI=1S/C50H29N3S/c1-2-14-33-29-34(22-21-30(33)11-1)47-49-48(40-19-9-10-20-44(40)54-49)52-50(51-47)39-25-28-41(38-18-8-7-17-37(38)39)53-42-26-23-31-12-3-5-15-35(31)45(42)46-36-16-6-4-13-32(36)24-27-43(46)53/h1-29H. The smallest absolute Gasteiger partial charge is 0.161 e. The van der Waals surface area contributed by atoms with Gasteiger partial charge in [-0.05, 0) is 74.1 Å². The lowest BCUT2D eigenvalue weighted by atomic mass is 10.00. The first-order valence-electron chi connectivity index (χ1n) is 18.3. The SMILES string of the molecule is c1ccc2cc(-c3nc(-c4ccc(-n5c6ccc7ccccc7c6c6c7ccccc7ccc65)c5ccccc45)nc4c3sc3ccccc34)ccc2c1. The second kappa shape index (κ2) is 11.3. The summed E-state index contributed by atoms with van der Waals surface area (Å²) in [5.74, 6) is 0.733. The van der Waals surface area contributed by atoms with Crippen LogP contribution < -0.4 is 0 Å². The number of aromatic nitrogens is 3. The predicted molar refractivity (Wildman–Crippen MR) is 230 cm³/mol. The zero-order valence-electron chi connectivity index (χ0n) is 29.0. The van der Waals surface area contributed by atoms with E-state index < -0.39 is 0 Å². The largest absolute Gasteiger partial charge is 0.309 e. The van der Waals surface area contributed by atoms with Gasteiger partial charge in [0.2, 0.25) is 0 Å². The third-order valence-electron chi connectivity index (χ3n) is 11.2. The fourth-order valence-electron chi connectivity index (χ4n) is 8.72. The van der Waals surface area contributed by atoms with Crippen LogP contribution in [-0.4, -0.2) is 14.5 Å². The van der Waals surface area contributed by atoms with Crippen LogP contribution in [0.5, 0.6) is 0 Å². The van der Waals surface area contributed by atoms with E-state index in [1.165, 1.54) is 58.8 Å². The quantitative estimate of drug-likeness (QED) is 0.183. The van der Waals surface area contributed by atoms with Gasteiger partial charge in [0.15, 0.2) is 5.82 Å². The van der Waals surface area contributed by atoms with Gasteiger partial charge in [-0.2, -0.15) is 0 Å². The minimum absolute atomic E-state index is 0.733. The summed E-state index contributed by atoms with van der Waals surface area (Å²) in [5.41, 5.74) is 7.61. The summed E-state index contributed by atoms with van der Waals surface area (Å²) in [7, 11) is 0. The third kappa shape index (κ3) is 4.23. The van der Waals surface area contributed by atoms with Gasteiger partial charge in [-0.25, -0.2) is 9.97 Å². The van der Waals surface area contributed by atoms with E-state index in [1.807, 2.05) is 0 Å². The molecule has 0 N–H and O–H groups in total. The molecule has 3 heterocycles. The number of thiophene rings is 1. The highest BCUT2D eigenvalue weighted by atomic mass is 32.1. The first kappa shape index (κ1) is 29.7. The second-order valence-corrected chi connectivity index (χ2v) is 15.2. The minimum Gasteiger partial charge on any atom is -0.309 e. The van der Waals surface area contributed by atoms with Crippen molar-refractivity contribution in [3.8, 4) is 28.3 Å². The van der Waals surface area contributed by atoms with Gasteiger partial charge in [-0.3, -0.25) is 0 Å². The van der Waals surface area contributed by atoms with Gasteiger partial charge in [-0.1, -0.05) is 140 Å². The van der Waals surface area contributed by atoms with Crippen LogP contribution in [0.25, 0.3) is 114 Å². The molecule has 12 aromatic rings. The fourth-order valence-corrected chi connectivity index (χ4v) is 9.88. The van der Waals surface area contributed by atoms with Gasteiger partial charge in [0.1, 0.15) is 0 Å². The molecule has 0 saturated heterocycles. The molecule has 4 heteroatoms. The molecule has 0 aliphatic heterocycles. The highest BCUT2D eigenvalue weighted by Gasteiger charge is 2.22. The molecular weight excluding hydrogens is 675 g/mol. The Morgan fingerprint density at radius 1 is 0.426 bits per heavy atom. The normalized spacial score (nSPS) is 12.1. The highest BCUT2D eigenvalue weighted by molar-refractivity contribution is 7.26. The minimum atomic E-state index is 0.733. The van der Waals surface area contributed by atoms with Crippen molar-refractivity contribution in [2.45, 2.75) is 0 Å². The molecule has 250 valence electrons.